The van der Waals surface area contributed by atoms with Crippen LogP contribution in [0.5, 0.6) is 0 Å². The lowest BCUT2D eigenvalue weighted by Crippen LogP contribution is -2.27. The number of carbonyl (C=O) groups is 1. The van der Waals surface area contributed by atoms with Gasteiger partial charge in [0.05, 0.1) is 11.3 Å². The molecule has 1 fully saturated rings. The zero-order chi connectivity index (χ0) is 14.0. The molecule has 5 heteroatoms. The van der Waals surface area contributed by atoms with Gasteiger partial charge in [0.2, 0.25) is 5.95 Å². The fourth-order valence-corrected chi connectivity index (χ4v) is 2.44. The standard InChI is InChI=1S/C14H21N3O2/c1-10-11(12(18)19)9-15-13(16-10)17-7-4-5-14(2,3)6-8-17/h9H,4-8H2,1-3H3,(H,18,19). The molecule has 2 heterocycles. The Labute approximate surface area is 113 Å². The molecule has 5 nitrogen and oxygen atoms in total. The highest BCUT2D eigenvalue weighted by Gasteiger charge is 2.24. The predicted molar refractivity (Wildman–Crippen MR) is 73.6 cm³/mol. The molecule has 1 aromatic rings. The van der Waals surface area contributed by atoms with Crippen molar-refractivity contribution in [3.05, 3.63) is 17.5 Å². The maximum absolute atomic E-state index is 11.0. The number of nitrogens with zero attached hydrogens (tertiary/aromatic N) is 3. The number of carboxylic acids is 1. The Kier molecular flexibility index (Phi) is 3.73. The lowest BCUT2D eigenvalue weighted by molar-refractivity contribution is 0.0695. The van der Waals surface area contributed by atoms with Crippen LogP contribution >= 0.6 is 0 Å². The molecule has 0 saturated carbocycles. The molecule has 0 unspecified atom stereocenters. The molecule has 104 valence electrons. The molecule has 1 N–H and O–H groups in total. The van der Waals surface area contributed by atoms with Crippen molar-refractivity contribution in [2.75, 3.05) is 18.0 Å². The van der Waals surface area contributed by atoms with Crippen LogP contribution in [-0.4, -0.2) is 34.1 Å². The normalized spacial score (nSPS) is 19.0. The molecule has 0 aliphatic carbocycles. The largest absolute Gasteiger partial charge is 0.478 e. The first kappa shape index (κ1) is 13.8. The summed E-state index contributed by atoms with van der Waals surface area (Å²) in [7, 11) is 0. The molecule has 1 aliphatic heterocycles. The topological polar surface area (TPSA) is 66.3 Å². The molecule has 0 aromatic carbocycles. The number of hydrogen-bond acceptors (Lipinski definition) is 4. The zero-order valence-electron chi connectivity index (χ0n) is 11.8. The van der Waals surface area contributed by atoms with Gasteiger partial charge in [0.15, 0.2) is 0 Å². The summed E-state index contributed by atoms with van der Waals surface area (Å²) in [5, 5.41) is 8.99. The summed E-state index contributed by atoms with van der Waals surface area (Å²) < 4.78 is 0. The number of rotatable bonds is 2. The third-order valence-electron chi connectivity index (χ3n) is 3.82. The first-order chi connectivity index (χ1) is 8.89. The van der Waals surface area contributed by atoms with E-state index in [1.807, 2.05) is 0 Å². The van der Waals surface area contributed by atoms with Crippen LogP contribution in [0, 0.1) is 12.3 Å². The number of hydrogen-bond donors (Lipinski definition) is 1. The Hall–Kier alpha value is -1.65. The molecule has 0 atom stereocenters. The maximum Gasteiger partial charge on any atom is 0.339 e. The second kappa shape index (κ2) is 5.15. The van der Waals surface area contributed by atoms with E-state index in [1.54, 1.807) is 6.92 Å². The van der Waals surface area contributed by atoms with Gasteiger partial charge in [0.25, 0.3) is 0 Å². The molecular formula is C14H21N3O2. The minimum Gasteiger partial charge on any atom is -0.478 e. The van der Waals surface area contributed by atoms with Gasteiger partial charge in [-0.2, -0.15) is 0 Å². The van der Waals surface area contributed by atoms with E-state index in [2.05, 4.69) is 28.7 Å². The Morgan fingerprint density at radius 1 is 1.37 bits per heavy atom. The van der Waals surface area contributed by atoms with Gasteiger partial charge in [-0.25, -0.2) is 14.8 Å². The van der Waals surface area contributed by atoms with E-state index in [4.69, 9.17) is 5.11 Å². The highest BCUT2D eigenvalue weighted by atomic mass is 16.4. The summed E-state index contributed by atoms with van der Waals surface area (Å²) in [6.45, 7) is 8.16. The van der Waals surface area contributed by atoms with Crippen LogP contribution < -0.4 is 4.90 Å². The molecule has 0 bridgehead atoms. The summed E-state index contributed by atoms with van der Waals surface area (Å²) >= 11 is 0. The third kappa shape index (κ3) is 3.22. The van der Waals surface area contributed by atoms with E-state index in [-0.39, 0.29) is 5.56 Å². The van der Waals surface area contributed by atoms with Crippen LogP contribution in [0.2, 0.25) is 0 Å². The smallest absolute Gasteiger partial charge is 0.339 e. The van der Waals surface area contributed by atoms with Crippen molar-refractivity contribution in [1.82, 2.24) is 9.97 Å². The molecule has 1 aliphatic rings. The van der Waals surface area contributed by atoms with Crippen LogP contribution in [0.3, 0.4) is 0 Å². The van der Waals surface area contributed by atoms with Crippen LogP contribution in [0.4, 0.5) is 5.95 Å². The van der Waals surface area contributed by atoms with Crippen molar-refractivity contribution >= 4 is 11.9 Å². The Morgan fingerprint density at radius 2 is 2.11 bits per heavy atom. The number of aromatic carboxylic acids is 1. The molecule has 0 amide bonds. The van der Waals surface area contributed by atoms with E-state index in [0.717, 1.165) is 25.9 Å². The van der Waals surface area contributed by atoms with Crippen LogP contribution in [0.1, 0.15) is 49.2 Å². The van der Waals surface area contributed by atoms with Crippen molar-refractivity contribution in [3.63, 3.8) is 0 Å². The lowest BCUT2D eigenvalue weighted by Gasteiger charge is -2.23. The van der Waals surface area contributed by atoms with Crippen molar-refractivity contribution in [2.45, 2.75) is 40.0 Å². The Bertz CT molecular complexity index is 486. The average Bonchev–Trinajstić information content (AvgIpc) is 2.49. The number of carboxylic acid groups (broad SMARTS) is 1. The number of aromatic nitrogens is 2. The molecule has 19 heavy (non-hydrogen) atoms. The van der Waals surface area contributed by atoms with Gasteiger partial charge in [-0.15, -0.1) is 0 Å². The zero-order valence-corrected chi connectivity index (χ0v) is 11.8. The third-order valence-corrected chi connectivity index (χ3v) is 3.82. The van der Waals surface area contributed by atoms with E-state index in [0.29, 0.717) is 17.1 Å². The van der Waals surface area contributed by atoms with Crippen molar-refractivity contribution < 1.29 is 9.90 Å². The van der Waals surface area contributed by atoms with E-state index < -0.39 is 5.97 Å². The van der Waals surface area contributed by atoms with E-state index in [1.165, 1.54) is 12.6 Å². The molecule has 0 spiro atoms. The Morgan fingerprint density at radius 3 is 2.74 bits per heavy atom. The summed E-state index contributed by atoms with van der Waals surface area (Å²) in [4.78, 5) is 21.7. The highest BCUT2D eigenvalue weighted by molar-refractivity contribution is 5.88. The fourth-order valence-electron chi connectivity index (χ4n) is 2.44. The molecular weight excluding hydrogens is 242 g/mol. The molecule has 2 rings (SSSR count). The van der Waals surface area contributed by atoms with Crippen molar-refractivity contribution in [2.24, 2.45) is 5.41 Å². The van der Waals surface area contributed by atoms with E-state index in [9.17, 15) is 4.79 Å². The van der Waals surface area contributed by atoms with Crippen LogP contribution in [0.25, 0.3) is 0 Å². The lowest BCUT2D eigenvalue weighted by atomic mass is 9.85. The molecule has 0 radical (unpaired) electrons. The maximum atomic E-state index is 11.0. The molecule has 1 aromatic heterocycles. The molecule has 1 saturated heterocycles. The fraction of sp³-hybridized carbons (Fsp3) is 0.643. The average molecular weight is 263 g/mol. The van der Waals surface area contributed by atoms with Gasteiger partial charge in [-0.3, -0.25) is 0 Å². The predicted octanol–water partition coefficient (Wildman–Crippen LogP) is 2.50. The minimum absolute atomic E-state index is 0.180. The van der Waals surface area contributed by atoms with Gasteiger partial charge in [-0.05, 0) is 31.6 Å². The van der Waals surface area contributed by atoms with Crippen LogP contribution in [-0.2, 0) is 0 Å². The summed E-state index contributed by atoms with van der Waals surface area (Å²) in [5.41, 5.74) is 1.07. The Balaban J connectivity index is 2.18. The summed E-state index contributed by atoms with van der Waals surface area (Å²) in [6.07, 6.45) is 4.85. The van der Waals surface area contributed by atoms with Crippen molar-refractivity contribution in [3.8, 4) is 0 Å². The van der Waals surface area contributed by atoms with Gasteiger partial charge in [0, 0.05) is 19.3 Å². The summed E-state index contributed by atoms with van der Waals surface area (Å²) in [6, 6.07) is 0. The SMILES string of the molecule is Cc1nc(N2CCCC(C)(C)CC2)ncc1C(=O)O. The van der Waals surface area contributed by atoms with Crippen LogP contribution in [0.15, 0.2) is 6.20 Å². The minimum atomic E-state index is -0.971. The highest BCUT2D eigenvalue weighted by Crippen LogP contribution is 2.30. The first-order valence-corrected chi connectivity index (χ1v) is 6.71. The monoisotopic (exact) mass is 263 g/mol. The van der Waals surface area contributed by atoms with E-state index >= 15 is 0 Å². The van der Waals surface area contributed by atoms with Gasteiger partial charge in [0.1, 0.15) is 0 Å². The quantitative estimate of drug-likeness (QED) is 0.888. The number of anilines is 1. The second-order valence-electron chi connectivity index (χ2n) is 5.98. The van der Waals surface area contributed by atoms with Crippen molar-refractivity contribution in [1.29, 1.82) is 0 Å². The van der Waals surface area contributed by atoms with Gasteiger partial charge < -0.3 is 10.0 Å². The number of aryl methyl sites for hydroxylation is 1. The second-order valence-corrected chi connectivity index (χ2v) is 5.98. The van der Waals surface area contributed by atoms with Gasteiger partial charge in [-0.1, -0.05) is 13.8 Å². The first-order valence-electron chi connectivity index (χ1n) is 6.71. The summed E-state index contributed by atoms with van der Waals surface area (Å²) in [5.74, 6) is -0.318. The van der Waals surface area contributed by atoms with Gasteiger partial charge >= 0.3 is 5.97 Å².